The van der Waals surface area contributed by atoms with Gasteiger partial charge < -0.3 is 24.6 Å². The first-order chi connectivity index (χ1) is 11.7. The van der Waals surface area contributed by atoms with E-state index in [1.54, 1.807) is 11.1 Å². The number of benzene rings is 1. The van der Waals surface area contributed by atoms with Crippen LogP contribution in [0.25, 0.3) is 6.08 Å². The topological polar surface area (TPSA) is 79.2 Å². The van der Waals surface area contributed by atoms with Gasteiger partial charge in [0.1, 0.15) is 0 Å². The van der Waals surface area contributed by atoms with E-state index in [4.69, 9.17) is 9.47 Å². The Bertz CT molecular complexity index is 622. The maximum absolute atomic E-state index is 12.5. The van der Waals surface area contributed by atoms with Crippen LogP contribution in [0.1, 0.15) is 35.1 Å². The summed E-state index contributed by atoms with van der Waals surface area (Å²) in [6.07, 6.45) is 5.41. The van der Waals surface area contributed by atoms with Crippen molar-refractivity contribution in [3.63, 3.8) is 0 Å². The summed E-state index contributed by atoms with van der Waals surface area (Å²) in [6.45, 7) is 1.63. The van der Waals surface area contributed by atoms with Crippen molar-refractivity contribution in [1.29, 1.82) is 0 Å². The largest absolute Gasteiger partial charge is 0.392 e. The van der Waals surface area contributed by atoms with Crippen LogP contribution in [0, 0.1) is 0 Å². The smallest absolute Gasteiger partial charge is 0.230 e. The first-order valence-electron chi connectivity index (χ1n) is 8.28. The Balaban J connectivity index is 1.66. The van der Waals surface area contributed by atoms with Gasteiger partial charge in [0.25, 0.3) is 0 Å². The van der Waals surface area contributed by atoms with Crippen LogP contribution in [0.3, 0.4) is 0 Å². The van der Waals surface area contributed by atoms with Crippen molar-refractivity contribution < 1.29 is 24.5 Å². The number of hydrogen-bond donors (Lipinski definition) is 2. The number of aliphatic hydroxyl groups excluding tert-OH is 2. The molecule has 1 aromatic carbocycles. The van der Waals surface area contributed by atoms with Crippen LogP contribution in [0.15, 0.2) is 18.3 Å². The standard InChI is InChI=1S/C18H23NO5/c20-11-15-8-13-3-5-19(4-1-2-18-23-6-7-24-18)17(22)10-14(13)9-16(15)12-21/h3,5,8-9,18,20-21H,1-2,4,6-7,10-12H2. The predicted molar refractivity (Wildman–Crippen MR) is 87.7 cm³/mol. The Morgan fingerprint density at radius 3 is 2.54 bits per heavy atom. The van der Waals surface area contributed by atoms with Crippen molar-refractivity contribution >= 4 is 12.0 Å². The zero-order valence-electron chi connectivity index (χ0n) is 13.6. The molecule has 0 spiro atoms. The molecular weight excluding hydrogens is 310 g/mol. The minimum Gasteiger partial charge on any atom is -0.392 e. The number of ether oxygens (including phenoxy) is 2. The SMILES string of the molecule is O=C1Cc2cc(CO)c(CO)cc2C=CN1CCCC1OCCO1. The Hall–Kier alpha value is -1.73. The Labute approximate surface area is 141 Å². The highest BCUT2D eigenvalue weighted by molar-refractivity contribution is 5.83. The lowest BCUT2D eigenvalue weighted by Crippen LogP contribution is -2.28. The highest BCUT2D eigenvalue weighted by atomic mass is 16.7. The van der Waals surface area contributed by atoms with Gasteiger partial charge in [-0.1, -0.05) is 6.07 Å². The lowest BCUT2D eigenvalue weighted by Gasteiger charge is -2.18. The molecule has 0 unspecified atom stereocenters. The second kappa shape index (κ2) is 7.90. The molecule has 6 heteroatoms. The number of amides is 1. The molecule has 6 nitrogen and oxygen atoms in total. The molecule has 24 heavy (non-hydrogen) atoms. The minimum atomic E-state index is -0.147. The molecule has 0 aromatic heterocycles. The molecule has 2 aliphatic rings. The van der Waals surface area contributed by atoms with E-state index in [1.807, 2.05) is 18.2 Å². The number of fused-ring (bicyclic) bond motifs is 1. The summed E-state index contributed by atoms with van der Waals surface area (Å²) >= 11 is 0. The van der Waals surface area contributed by atoms with Gasteiger partial charge in [-0.25, -0.2) is 0 Å². The van der Waals surface area contributed by atoms with Crippen LogP contribution in [-0.4, -0.2) is 47.1 Å². The van der Waals surface area contributed by atoms with Gasteiger partial charge in [-0.3, -0.25) is 4.79 Å². The first kappa shape index (κ1) is 17.1. The fourth-order valence-corrected chi connectivity index (χ4v) is 3.08. The van der Waals surface area contributed by atoms with Crippen molar-refractivity contribution in [2.24, 2.45) is 0 Å². The molecule has 0 saturated carbocycles. The van der Waals surface area contributed by atoms with E-state index in [-0.39, 0.29) is 31.8 Å². The molecule has 130 valence electrons. The lowest BCUT2D eigenvalue weighted by molar-refractivity contribution is -0.128. The van der Waals surface area contributed by atoms with Crippen LogP contribution >= 0.6 is 0 Å². The fraction of sp³-hybridized carbons (Fsp3) is 0.500. The Morgan fingerprint density at radius 2 is 1.83 bits per heavy atom. The van der Waals surface area contributed by atoms with Crippen molar-refractivity contribution in [3.8, 4) is 0 Å². The van der Waals surface area contributed by atoms with Gasteiger partial charge in [-0.2, -0.15) is 0 Å². The molecule has 1 fully saturated rings. The van der Waals surface area contributed by atoms with Crippen LogP contribution in [0.5, 0.6) is 0 Å². The van der Waals surface area contributed by atoms with Gasteiger partial charge >= 0.3 is 0 Å². The van der Waals surface area contributed by atoms with Crippen molar-refractivity contribution in [2.75, 3.05) is 19.8 Å². The van der Waals surface area contributed by atoms with Gasteiger partial charge in [-0.15, -0.1) is 0 Å². The zero-order valence-corrected chi connectivity index (χ0v) is 13.6. The van der Waals surface area contributed by atoms with Crippen LogP contribution in [0.2, 0.25) is 0 Å². The highest BCUT2D eigenvalue weighted by Crippen LogP contribution is 2.23. The van der Waals surface area contributed by atoms with E-state index in [2.05, 4.69) is 0 Å². The van der Waals surface area contributed by atoms with Crippen molar-refractivity contribution in [2.45, 2.75) is 38.8 Å². The van der Waals surface area contributed by atoms with Gasteiger partial charge in [0.05, 0.1) is 32.8 Å². The molecule has 0 bridgehead atoms. The summed E-state index contributed by atoms with van der Waals surface area (Å²) in [4.78, 5) is 14.2. The molecule has 2 N–H and O–H groups in total. The molecule has 0 aliphatic carbocycles. The summed E-state index contributed by atoms with van der Waals surface area (Å²) in [5.41, 5.74) is 3.15. The lowest BCUT2D eigenvalue weighted by atomic mass is 9.97. The predicted octanol–water partition coefficient (Wildman–Crippen LogP) is 1.18. The van der Waals surface area contributed by atoms with E-state index in [0.717, 1.165) is 24.0 Å². The molecule has 2 heterocycles. The third-order valence-electron chi connectivity index (χ3n) is 4.43. The molecule has 2 aliphatic heterocycles. The van der Waals surface area contributed by atoms with Crippen LogP contribution in [0.4, 0.5) is 0 Å². The fourth-order valence-electron chi connectivity index (χ4n) is 3.08. The van der Waals surface area contributed by atoms with Gasteiger partial charge in [-0.05, 0) is 40.8 Å². The van der Waals surface area contributed by atoms with E-state index < -0.39 is 0 Å². The average Bonchev–Trinajstić information content (AvgIpc) is 3.06. The Kier molecular flexibility index (Phi) is 5.63. The number of carbonyl (C=O) groups excluding carboxylic acids is 1. The second-order valence-electron chi connectivity index (χ2n) is 6.03. The third-order valence-corrected chi connectivity index (χ3v) is 4.43. The molecule has 1 saturated heterocycles. The average molecular weight is 333 g/mol. The summed E-state index contributed by atoms with van der Waals surface area (Å²) < 4.78 is 10.8. The van der Waals surface area contributed by atoms with Gasteiger partial charge in [0.15, 0.2) is 6.29 Å². The third kappa shape index (κ3) is 3.84. The molecule has 3 rings (SSSR count). The number of rotatable bonds is 6. The molecule has 1 amide bonds. The monoisotopic (exact) mass is 333 g/mol. The van der Waals surface area contributed by atoms with Crippen molar-refractivity contribution in [3.05, 3.63) is 40.6 Å². The van der Waals surface area contributed by atoms with E-state index >= 15 is 0 Å². The van der Waals surface area contributed by atoms with Gasteiger partial charge in [0.2, 0.25) is 5.91 Å². The zero-order chi connectivity index (χ0) is 16.9. The molecule has 0 atom stereocenters. The Morgan fingerprint density at radius 1 is 1.12 bits per heavy atom. The molecule has 1 aromatic rings. The maximum Gasteiger partial charge on any atom is 0.230 e. The summed E-state index contributed by atoms with van der Waals surface area (Å²) in [5, 5.41) is 18.8. The van der Waals surface area contributed by atoms with E-state index in [1.165, 1.54) is 0 Å². The number of carbonyl (C=O) groups is 1. The van der Waals surface area contributed by atoms with Gasteiger partial charge in [0, 0.05) is 19.2 Å². The highest BCUT2D eigenvalue weighted by Gasteiger charge is 2.20. The summed E-state index contributed by atoms with van der Waals surface area (Å²) in [5.74, 6) is 0.0268. The maximum atomic E-state index is 12.5. The number of hydrogen-bond acceptors (Lipinski definition) is 5. The second-order valence-corrected chi connectivity index (χ2v) is 6.03. The minimum absolute atomic E-state index is 0.0268. The number of nitrogens with zero attached hydrogens (tertiary/aromatic N) is 1. The van der Waals surface area contributed by atoms with Crippen molar-refractivity contribution in [1.82, 2.24) is 4.90 Å². The normalized spacial score (nSPS) is 18.1. The number of aliphatic hydroxyl groups is 2. The summed E-state index contributed by atoms with van der Waals surface area (Å²) in [7, 11) is 0. The van der Waals surface area contributed by atoms with Crippen LogP contribution in [-0.2, 0) is 33.9 Å². The quantitative estimate of drug-likeness (QED) is 0.817. The summed E-state index contributed by atoms with van der Waals surface area (Å²) in [6, 6.07) is 3.65. The molecule has 0 radical (unpaired) electrons. The first-order valence-corrected chi connectivity index (χ1v) is 8.28. The van der Waals surface area contributed by atoms with Crippen LogP contribution < -0.4 is 0 Å². The molecular formula is C18H23NO5. The van der Waals surface area contributed by atoms with E-state index in [0.29, 0.717) is 30.9 Å². The van der Waals surface area contributed by atoms with E-state index in [9.17, 15) is 15.0 Å².